The van der Waals surface area contributed by atoms with Crippen molar-refractivity contribution in [3.63, 3.8) is 0 Å². The molecule has 1 aliphatic rings. The number of likely N-dealkylation sites (N-methyl/N-ethyl adjacent to an activating group) is 1. The van der Waals surface area contributed by atoms with E-state index in [0.717, 1.165) is 19.6 Å². The molecular weight excluding hydrogens is 190 g/mol. The number of amides is 1. The Morgan fingerprint density at radius 3 is 2.93 bits per heavy atom. The molecular formula is C11H23N3O. The van der Waals surface area contributed by atoms with E-state index in [1.165, 1.54) is 12.8 Å². The molecule has 1 amide bonds. The maximum Gasteiger partial charge on any atom is 0.223 e. The highest BCUT2D eigenvalue weighted by Gasteiger charge is 2.18. The Labute approximate surface area is 92.4 Å². The Balaban J connectivity index is 2.22. The second-order valence-corrected chi connectivity index (χ2v) is 4.53. The fraction of sp³-hybridized carbons (Fsp3) is 0.909. The number of carbonyl (C=O) groups is 1. The van der Waals surface area contributed by atoms with Crippen LogP contribution in [-0.2, 0) is 4.79 Å². The Kier molecular flexibility index (Phi) is 5.05. The topological polar surface area (TPSA) is 44.4 Å². The van der Waals surface area contributed by atoms with Gasteiger partial charge in [-0.2, -0.15) is 0 Å². The van der Waals surface area contributed by atoms with Crippen LogP contribution in [-0.4, -0.2) is 50.6 Å². The number of hydrogen-bond acceptors (Lipinski definition) is 3. The lowest BCUT2D eigenvalue weighted by Crippen LogP contribution is -2.40. The van der Waals surface area contributed by atoms with Crippen LogP contribution in [0.1, 0.15) is 19.8 Å². The molecule has 0 aromatic rings. The van der Waals surface area contributed by atoms with Crippen LogP contribution < -0.4 is 10.6 Å². The first-order chi connectivity index (χ1) is 7.13. The first kappa shape index (κ1) is 12.5. The van der Waals surface area contributed by atoms with Gasteiger partial charge in [0, 0.05) is 32.1 Å². The van der Waals surface area contributed by atoms with Crippen molar-refractivity contribution in [1.29, 1.82) is 0 Å². The molecule has 0 aromatic heterocycles. The smallest absolute Gasteiger partial charge is 0.223 e. The third-order valence-electron chi connectivity index (χ3n) is 2.97. The summed E-state index contributed by atoms with van der Waals surface area (Å²) < 4.78 is 0. The van der Waals surface area contributed by atoms with Gasteiger partial charge in [-0.1, -0.05) is 6.92 Å². The molecule has 1 saturated heterocycles. The standard InChI is InChI=1S/C11H23N3O/c1-9(11(15)12-2)7-14(3)8-10-5-4-6-13-10/h9-10,13H,4-8H2,1-3H3,(H,12,15)/t9?,10-/m1/s1. The van der Waals surface area contributed by atoms with E-state index in [0.29, 0.717) is 6.04 Å². The lowest BCUT2D eigenvalue weighted by Gasteiger charge is -2.23. The van der Waals surface area contributed by atoms with Crippen LogP contribution in [0.2, 0.25) is 0 Å². The molecule has 0 radical (unpaired) electrons. The van der Waals surface area contributed by atoms with Gasteiger partial charge >= 0.3 is 0 Å². The average Bonchev–Trinajstić information content (AvgIpc) is 2.68. The van der Waals surface area contributed by atoms with Crippen LogP contribution in [0.3, 0.4) is 0 Å². The van der Waals surface area contributed by atoms with Crippen LogP contribution in [0.15, 0.2) is 0 Å². The third kappa shape index (κ3) is 4.18. The van der Waals surface area contributed by atoms with E-state index in [1.807, 2.05) is 6.92 Å². The maximum atomic E-state index is 11.3. The van der Waals surface area contributed by atoms with Crippen molar-refractivity contribution in [1.82, 2.24) is 15.5 Å². The Morgan fingerprint density at radius 1 is 1.67 bits per heavy atom. The molecule has 1 rings (SSSR count). The molecule has 15 heavy (non-hydrogen) atoms. The van der Waals surface area contributed by atoms with E-state index in [2.05, 4.69) is 22.6 Å². The number of hydrogen-bond donors (Lipinski definition) is 2. The van der Waals surface area contributed by atoms with Crippen molar-refractivity contribution in [2.45, 2.75) is 25.8 Å². The summed E-state index contributed by atoms with van der Waals surface area (Å²) in [6.45, 7) is 4.99. The van der Waals surface area contributed by atoms with Crippen molar-refractivity contribution in [2.75, 3.05) is 33.7 Å². The van der Waals surface area contributed by atoms with Crippen molar-refractivity contribution in [3.8, 4) is 0 Å². The quantitative estimate of drug-likeness (QED) is 0.678. The van der Waals surface area contributed by atoms with E-state index in [1.54, 1.807) is 7.05 Å². The number of carbonyl (C=O) groups excluding carboxylic acids is 1. The number of nitrogens with zero attached hydrogens (tertiary/aromatic N) is 1. The van der Waals surface area contributed by atoms with Gasteiger partial charge in [0.25, 0.3) is 0 Å². The summed E-state index contributed by atoms with van der Waals surface area (Å²) in [5.74, 6) is 0.197. The van der Waals surface area contributed by atoms with Crippen LogP contribution in [0.4, 0.5) is 0 Å². The minimum Gasteiger partial charge on any atom is -0.359 e. The van der Waals surface area contributed by atoms with Gasteiger partial charge in [-0.3, -0.25) is 4.79 Å². The Hall–Kier alpha value is -0.610. The molecule has 0 aromatic carbocycles. The largest absolute Gasteiger partial charge is 0.359 e. The molecule has 88 valence electrons. The predicted octanol–water partition coefficient (Wildman–Crippen LogP) is 0.0523. The minimum atomic E-state index is 0.0707. The molecule has 1 aliphatic heterocycles. The zero-order chi connectivity index (χ0) is 11.3. The zero-order valence-electron chi connectivity index (χ0n) is 10.0. The Bertz CT molecular complexity index is 202. The monoisotopic (exact) mass is 213 g/mol. The zero-order valence-corrected chi connectivity index (χ0v) is 10.0. The minimum absolute atomic E-state index is 0.0707. The molecule has 1 heterocycles. The van der Waals surface area contributed by atoms with E-state index in [9.17, 15) is 4.79 Å². The van der Waals surface area contributed by atoms with Crippen molar-refractivity contribution in [2.24, 2.45) is 5.92 Å². The lowest BCUT2D eigenvalue weighted by molar-refractivity contribution is -0.124. The summed E-state index contributed by atoms with van der Waals surface area (Å²) in [6.07, 6.45) is 2.54. The van der Waals surface area contributed by atoms with Crippen LogP contribution in [0.25, 0.3) is 0 Å². The molecule has 0 aliphatic carbocycles. The summed E-state index contributed by atoms with van der Waals surface area (Å²) in [5, 5.41) is 6.14. The maximum absolute atomic E-state index is 11.3. The van der Waals surface area contributed by atoms with Gasteiger partial charge in [0.15, 0.2) is 0 Å². The molecule has 0 bridgehead atoms. The molecule has 0 saturated carbocycles. The van der Waals surface area contributed by atoms with Gasteiger partial charge < -0.3 is 15.5 Å². The predicted molar refractivity (Wildman–Crippen MR) is 61.8 cm³/mol. The van der Waals surface area contributed by atoms with Gasteiger partial charge in [-0.05, 0) is 26.4 Å². The molecule has 4 heteroatoms. The van der Waals surface area contributed by atoms with Gasteiger partial charge in [0.1, 0.15) is 0 Å². The van der Waals surface area contributed by atoms with E-state index in [4.69, 9.17) is 0 Å². The average molecular weight is 213 g/mol. The Morgan fingerprint density at radius 2 is 2.40 bits per heavy atom. The van der Waals surface area contributed by atoms with Gasteiger partial charge in [0.05, 0.1) is 0 Å². The molecule has 2 atom stereocenters. The lowest BCUT2D eigenvalue weighted by atomic mass is 10.1. The number of rotatable bonds is 5. The third-order valence-corrected chi connectivity index (χ3v) is 2.97. The fourth-order valence-corrected chi connectivity index (χ4v) is 2.16. The summed E-state index contributed by atoms with van der Waals surface area (Å²) in [6, 6.07) is 0.617. The van der Waals surface area contributed by atoms with Gasteiger partial charge in [0.2, 0.25) is 5.91 Å². The molecule has 2 N–H and O–H groups in total. The van der Waals surface area contributed by atoms with E-state index in [-0.39, 0.29) is 11.8 Å². The summed E-state index contributed by atoms with van der Waals surface area (Å²) in [5.41, 5.74) is 0. The number of nitrogens with one attached hydrogen (secondary N) is 2. The molecule has 0 spiro atoms. The molecule has 1 fully saturated rings. The fourth-order valence-electron chi connectivity index (χ4n) is 2.16. The van der Waals surface area contributed by atoms with Crippen molar-refractivity contribution < 1.29 is 4.79 Å². The normalized spacial score (nSPS) is 23.1. The summed E-state index contributed by atoms with van der Waals surface area (Å²) in [4.78, 5) is 13.6. The van der Waals surface area contributed by atoms with Crippen LogP contribution in [0, 0.1) is 5.92 Å². The first-order valence-corrected chi connectivity index (χ1v) is 5.77. The summed E-state index contributed by atoms with van der Waals surface area (Å²) in [7, 11) is 3.77. The van der Waals surface area contributed by atoms with E-state index >= 15 is 0 Å². The van der Waals surface area contributed by atoms with Crippen LogP contribution in [0.5, 0.6) is 0 Å². The van der Waals surface area contributed by atoms with E-state index < -0.39 is 0 Å². The second kappa shape index (κ2) is 6.08. The highest BCUT2D eigenvalue weighted by Crippen LogP contribution is 2.07. The van der Waals surface area contributed by atoms with Gasteiger partial charge in [-0.25, -0.2) is 0 Å². The van der Waals surface area contributed by atoms with Crippen LogP contribution >= 0.6 is 0 Å². The summed E-state index contributed by atoms with van der Waals surface area (Å²) >= 11 is 0. The molecule has 1 unspecified atom stereocenters. The highest BCUT2D eigenvalue weighted by molar-refractivity contribution is 5.78. The second-order valence-electron chi connectivity index (χ2n) is 4.53. The SMILES string of the molecule is CNC(=O)C(C)CN(C)C[C@H]1CCCN1. The van der Waals surface area contributed by atoms with Gasteiger partial charge in [-0.15, -0.1) is 0 Å². The first-order valence-electron chi connectivity index (χ1n) is 5.77. The van der Waals surface area contributed by atoms with Crippen molar-refractivity contribution >= 4 is 5.91 Å². The highest BCUT2D eigenvalue weighted by atomic mass is 16.1. The molecule has 4 nitrogen and oxygen atoms in total. The van der Waals surface area contributed by atoms with Crippen molar-refractivity contribution in [3.05, 3.63) is 0 Å².